The van der Waals surface area contributed by atoms with Crippen LogP contribution < -0.4 is 0 Å². The van der Waals surface area contributed by atoms with Crippen LogP contribution >= 0.6 is 0 Å². The molecule has 0 bridgehead atoms. The van der Waals surface area contributed by atoms with Gasteiger partial charge >= 0.3 is 6.18 Å². The van der Waals surface area contributed by atoms with Crippen LogP contribution in [0.25, 0.3) is 88.4 Å². The second kappa shape index (κ2) is 13.4. The predicted molar refractivity (Wildman–Crippen MR) is 231 cm³/mol. The minimum Gasteiger partial charge on any atom is -0.308 e. The summed E-state index contributed by atoms with van der Waals surface area (Å²) in [7, 11) is 0. The van der Waals surface area contributed by atoms with Crippen molar-refractivity contribution in [2.24, 2.45) is 0 Å². The number of hydrogen-bond donors (Lipinski definition) is 0. The molecular weight excluding hydrogens is 724 g/mol. The molecule has 6 heteroatoms. The molecule has 0 aliphatic rings. The van der Waals surface area contributed by atoms with E-state index in [0.717, 1.165) is 83.1 Å². The first-order valence-electron chi connectivity index (χ1n) is 19.1. The second-order valence-electron chi connectivity index (χ2n) is 15.0. The fraction of sp³-hybridized carbons (Fsp3) is 0.0577. The number of benzene rings is 8. The number of nitriles is 1. The normalized spacial score (nSPS) is 11.9. The van der Waals surface area contributed by atoms with Crippen LogP contribution in [0.5, 0.6) is 0 Å². The lowest BCUT2D eigenvalue weighted by Crippen LogP contribution is -2.07. The third kappa shape index (κ3) is 5.74. The molecule has 10 rings (SSSR count). The SMILES string of the molecule is Cc1ccc(-c2ccc3c4ccccc4n(-c4cc(C#N)cc(-n5c6ccccc6c6ccc(-c7ccc(C)cc7)cc65)c4-c4cccc(C(F)(F)F)c4)c3c2)cc1. The van der Waals surface area contributed by atoms with Gasteiger partial charge in [-0.15, -0.1) is 0 Å². The average molecular weight is 758 g/mol. The van der Waals surface area contributed by atoms with Gasteiger partial charge in [0.05, 0.1) is 50.6 Å². The second-order valence-corrected chi connectivity index (χ2v) is 15.0. The van der Waals surface area contributed by atoms with Crippen molar-refractivity contribution in [3.8, 4) is 50.8 Å². The van der Waals surface area contributed by atoms with E-state index in [4.69, 9.17) is 0 Å². The van der Waals surface area contributed by atoms with Crippen LogP contribution in [0.1, 0.15) is 22.3 Å². The number of hydrogen-bond acceptors (Lipinski definition) is 1. The largest absolute Gasteiger partial charge is 0.416 e. The number of halogens is 3. The van der Waals surface area contributed by atoms with E-state index in [1.807, 2.05) is 48.5 Å². The van der Waals surface area contributed by atoms with Crippen molar-refractivity contribution in [2.75, 3.05) is 0 Å². The highest BCUT2D eigenvalue weighted by Gasteiger charge is 2.32. The van der Waals surface area contributed by atoms with Crippen molar-refractivity contribution in [3.05, 3.63) is 192 Å². The Morgan fingerprint density at radius 3 is 1.34 bits per heavy atom. The summed E-state index contributed by atoms with van der Waals surface area (Å²) in [6, 6.07) is 57.2. The van der Waals surface area contributed by atoms with Crippen LogP contribution in [0, 0.1) is 25.2 Å². The molecule has 0 atom stereocenters. The van der Waals surface area contributed by atoms with Crippen LogP contribution in [0.4, 0.5) is 13.2 Å². The molecule has 0 saturated heterocycles. The Balaban J connectivity index is 1.37. The summed E-state index contributed by atoms with van der Waals surface area (Å²) in [5.41, 5.74) is 11.7. The van der Waals surface area contributed by atoms with Crippen LogP contribution in [-0.4, -0.2) is 9.13 Å². The molecule has 0 unspecified atom stereocenters. The van der Waals surface area contributed by atoms with E-state index in [-0.39, 0.29) is 0 Å². The lowest BCUT2D eigenvalue weighted by molar-refractivity contribution is -0.137. The monoisotopic (exact) mass is 757 g/mol. The molecule has 3 nitrogen and oxygen atoms in total. The van der Waals surface area contributed by atoms with Crippen molar-refractivity contribution < 1.29 is 13.2 Å². The fourth-order valence-electron chi connectivity index (χ4n) is 8.49. The molecule has 8 aromatic carbocycles. The molecule has 0 saturated carbocycles. The minimum atomic E-state index is -4.57. The number of nitrogens with zero attached hydrogens (tertiary/aromatic N) is 3. The van der Waals surface area contributed by atoms with Gasteiger partial charge in [-0.3, -0.25) is 0 Å². The van der Waals surface area contributed by atoms with Gasteiger partial charge in [0.2, 0.25) is 0 Å². The summed E-state index contributed by atoms with van der Waals surface area (Å²) < 4.78 is 48.0. The van der Waals surface area contributed by atoms with E-state index in [0.29, 0.717) is 28.1 Å². The molecule has 0 radical (unpaired) electrons. The van der Waals surface area contributed by atoms with Crippen molar-refractivity contribution in [1.29, 1.82) is 5.26 Å². The van der Waals surface area contributed by atoms with Gasteiger partial charge in [0, 0.05) is 27.1 Å². The van der Waals surface area contributed by atoms with Crippen LogP contribution in [0.2, 0.25) is 0 Å². The van der Waals surface area contributed by atoms with Crippen molar-refractivity contribution in [3.63, 3.8) is 0 Å². The van der Waals surface area contributed by atoms with Gasteiger partial charge in [0.15, 0.2) is 0 Å². The molecule has 0 aliphatic carbocycles. The maximum absolute atomic E-state index is 14.6. The van der Waals surface area contributed by atoms with Gasteiger partial charge in [-0.1, -0.05) is 132 Å². The Labute approximate surface area is 333 Å². The molecule has 0 aliphatic heterocycles. The summed E-state index contributed by atoms with van der Waals surface area (Å²) in [5.74, 6) is 0. The Kier molecular flexibility index (Phi) is 8.10. The summed E-state index contributed by atoms with van der Waals surface area (Å²) in [6.07, 6.45) is -4.57. The zero-order valence-corrected chi connectivity index (χ0v) is 31.6. The standard InChI is InChI=1S/C52H34F3N3/c1-32-14-18-35(19-15-32)37-22-24-43-41-10-3-5-12-45(41)57(47(43)29-37)49-26-34(31-56)27-50(51(49)39-8-7-9-40(28-39)52(53,54)55)58-46-13-6-4-11-42(46)44-25-23-38(30-48(44)58)36-20-16-33(2)17-21-36/h3-30H,1-2H3. The molecule has 0 N–H and O–H groups in total. The summed E-state index contributed by atoms with van der Waals surface area (Å²) in [4.78, 5) is 0. The van der Waals surface area contributed by atoms with Crippen LogP contribution in [0.15, 0.2) is 170 Å². The van der Waals surface area contributed by atoms with Gasteiger partial charge in [-0.2, -0.15) is 18.4 Å². The first-order chi connectivity index (χ1) is 28.2. The highest BCUT2D eigenvalue weighted by Crippen LogP contribution is 2.45. The molecule has 10 aromatic rings. The van der Waals surface area contributed by atoms with Gasteiger partial charge in [0.1, 0.15) is 0 Å². The van der Waals surface area contributed by atoms with Crippen LogP contribution in [-0.2, 0) is 6.18 Å². The Morgan fingerprint density at radius 2 is 0.879 bits per heavy atom. The summed E-state index contributed by atoms with van der Waals surface area (Å²) >= 11 is 0. The third-order valence-electron chi connectivity index (χ3n) is 11.3. The maximum Gasteiger partial charge on any atom is 0.416 e. The van der Waals surface area contributed by atoms with Gasteiger partial charge in [-0.25, -0.2) is 0 Å². The number of alkyl halides is 3. The van der Waals surface area contributed by atoms with Crippen LogP contribution in [0.3, 0.4) is 0 Å². The summed E-state index contributed by atoms with van der Waals surface area (Å²) in [5, 5.41) is 14.7. The Morgan fingerprint density at radius 1 is 0.431 bits per heavy atom. The average Bonchev–Trinajstić information content (AvgIpc) is 3.75. The Bertz CT molecular complexity index is 3100. The fourth-order valence-corrected chi connectivity index (χ4v) is 8.49. The zero-order chi connectivity index (χ0) is 39.7. The van der Waals surface area contributed by atoms with E-state index < -0.39 is 11.7 Å². The predicted octanol–water partition coefficient (Wildman–Crippen LogP) is 14.4. The molecular formula is C52H34F3N3. The first-order valence-corrected chi connectivity index (χ1v) is 19.1. The number of aryl methyl sites for hydroxylation is 2. The van der Waals surface area contributed by atoms with E-state index in [1.165, 1.54) is 12.1 Å². The minimum absolute atomic E-state index is 0.377. The van der Waals surface area contributed by atoms with E-state index in [1.54, 1.807) is 6.07 Å². The maximum atomic E-state index is 14.6. The molecule has 2 heterocycles. The van der Waals surface area contributed by atoms with Crippen molar-refractivity contribution >= 4 is 43.6 Å². The number of rotatable bonds is 5. The topological polar surface area (TPSA) is 33.6 Å². The number of aromatic nitrogens is 2. The molecule has 2 aromatic heterocycles. The smallest absolute Gasteiger partial charge is 0.308 e. The molecule has 278 valence electrons. The van der Waals surface area contributed by atoms with Gasteiger partial charge in [-0.05, 0) is 90.2 Å². The first kappa shape index (κ1) is 35.1. The molecule has 0 amide bonds. The number of para-hydroxylation sites is 2. The van der Waals surface area contributed by atoms with E-state index in [9.17, 15) is 18.4 Å². The van der Waals surface area contributed by atoms with Gasteiger partial charge < -0.3 is 9.13 Å². The Hall–Kier alpha value is -7.36. The molecule has 0 fully saturated rings. The van der Waals surface area contributed by atoms with Crippen molar-refractivity contribution in [1.82, 2.24) is 9.13 Å². The molecule has 0 spiro atoms. The van der Waals surface area contributed by atoms with Gasteiger partial charge in [0.25, 0.3) is 0 Å². The lowest BCUT2D eigenvalue weighted by atomic mass is 9.96. The third-order valence-corrected chi connectivity index (χ3v) is 11.3. The zero-order valence-electron chi connectivity index (χ0n) is 31.6. The number of fused-ring (bicyclic) bond motifs is 6. The highest BCUT2D eigenvalue weighted by molar-refractivity contribution is 6.13. The van der Waals surface area contributed by atoms with E-state index >= 15 is 0 Å². The summed E-state index contributed by atoms with van der Waals surface area (Å²) in [6.45, 7) is 4.11. The quantitative estimate of drug-likeness (QED) is 0.172. The highest BCUT2D eigenvalue weighted by atomic mass is 19.4. The lowest BCUT2D eigenvalue weighted by Gasteiger charge is -2.22. The molecule has 58 heavy (non-hydrogen) atoms. The van der Waals surface area contributed by atoms with E-state index in [2.05, 4.69) is 126 Å². The van der Waals surface area contributed by atoms with Crippen molar-refractivity contribution in [2.45, 2.75) is 20.0 Å².